The van der Waals surface area contributed by atoms with Crippen molar-refractivity contribution in [2.75, 3.05) is 19.7 Å². The first-order valence-corrected chi connectivity index (χ1v) is 4.94. The Morgan fingerprint density at radius 1 is 1.75 bits per heavy atom. The van der Waals surface area contributed by atoms with E-state index in [9.17, 15) is 4.79 Å². The number of hydrogen-bond donors (Lipinski definition) is 0. The molecular weight excluding hydrogens is 210 g/mol. The zero-order valence-corrected chi connectivity index (χ0v) is 8.84. The number of carbonyl (C=O) groups is 1. The molecule has 16 heavy (non-hydrogen) atoms. The van der Waals surface area contributed by atoms with Crippen molar-refractivity contribution in [3.63, 3.8) is 0 Å². The molecule has 1 atom stereocenters. The van der Waals surface area contributed by atoms with Gasteiger partial charge in [0.1, 0.15) is 0 Å². The Labute approximate surface area is 92.4 Å². The van der Waals surface area contributed by atoms with Crippen molar-refractivity contribution in [2.24, 2.45) is 0 Å². The number of aromatic nitrogens is 1. The summed E-state index contributed by atoms with van der Waals surface area (Å²) in [5.74, 6) is -0.0414. The van der Waals surface area contributed by atoms with Gasteiger partial charge >= 0.3 is 0 Å². The van der Waals surface area contributed by atoms with Crippen molar-refractivity contribution in [3.8, 4) is 6.07 Å². The summed E-state index contributed by atoms with van der Waals surface area (Å²) in [4.78, 5) is 13.4. The summed E-state index contributed by atoms with van der Waals surface area (Å²) < 4.78 is 10.0. The Kier molecular flexibility index (Phi) is 2.88. The van der Waals surface area contributed by atoms with Crippen LogP contribution in [0.4, 0.5) is 0 Å². The van der Waals surface area contributed by atoms with Crippen LogP contribution in [0.15, 0.2) is 10.6 Å². The maximum absolute atomic E-state index is 11.9. The lowest BCUT2D eigenvalue weighted by atomic mass is 10.2. The molecule has 0 radical (unpaired) electrons. The van der Waals surface area contributed by atoms with Crippen LogP contribution >= 0.6 is 0 Å². The Balaban J connectivity index is 2.08. The van der Waals surface area contributed by atoms with Gasteiger partial charge in [-0.15, -0.1) is 0 Å². The quantitative estimate of drug-likeness (QED) is 0.683. The van der Waals surface area contributed by atoms with E-state index in [2.05, 4.69) is 5.16 Å². The zero-order chi connectivity index (χ0) is 11.5. The van der Waals surface area contributed by atoms with Crippen molar-refractivity contribution >= 4 is 5.91 Å². The van der Waals surface area contributed by atoms with Crippen LogP contribution in [0.5, 0.6) is 0 Å². The fourth-order valence-corrected chi connectivity index (χ4v) is 1.53. The number of morpholine rings is 1. The molecule has 6 nitrogen and oxygen atoms in total. The summed E-state index contributed by atoms with van der Waals surface area (Å²) in [6.07, 6.45) is -0.554. The Morgan fingerprint density at radius 2 is 2.56 bits per heavy atom. The highest BCUT2D eigenvalue weighted by atomic mass is 16.5. The van der Waals surface area contributed by atoms with E-state index in [0.717, 1.165) is 0 Å². The topological polar surface area (TPSA) is 79.4 Å². The maximum Gasteiger partial charge on any atom is 0.292 e. The molecule has 1 aromatic rings. The van der Waals surface area contributed by atoms with Crippen molar-refractivity contribution in [2.45, 2.75) is 13.0 Å². The highest BCUT2D eigenvalue weighted by Crippen LogP contribution is 2.11. The summed E-state index contributed by atoms with van der Waals surface area (Å²) in [6, 6.07) is 3.57. The van der Waals surface area contributed by atoms with Crippen LogP contribution in [0.1, 0.15) is 16.2 Å². The normalized spacial score (nSPS) is 20.5. The molecule has 1 unspecified atom stereocenters. The zero-order valence-electron chi connectivity index (χ0n) is 8.84. The molecule has 6 heteroatoms. The molecule has 1 amide bonds. The van der Waals surface area contributed by atoms with Crippen LogP contribution in [-0.2, 0) is 4.74 Å². The van der Waals surface area contributed by atoms with Crippen molar-refractivity contribution < 1.29 is 14.1 Å². The molecule has 2 heterocycles. The summed E-state index contributed by atoms with van der Waals surface area (Å²) in [6.45, 7) is 2.86. The number of carbonyl (C=O) groups excluding carboxylic acids is 1. The molecule has 0 N–H and O–H groups in total. The lowest BCUT2D eigenvalue weighted by molar-refractivity contribution is 0.00177. The van der Waals surface area contributed by atoms with Crippen molar-refractivity contribution in [3.05, 3.63) is 17.5 Å². The number of aryl methyl sites for hydroxylation is 1. The molecule has 84 valence electrons. The van der Waals surface area contributed by atoms with Gasteiger partial charge in [-0.3, -0.25) is 4.79 Å². The van der Waals surface area contributed by atoms with Crippen molar-refractivity contribution in [1.29, 1.82) is 5.26 Å². The van der Waals surface area contributed by atoms with E-state index < -0.39 is 6.10 Å². The first-order valence-electron chi connectivity index (χ1n) is 4.94. The minimum absolute atomic E-state index is 0.205. The van der Waals surface area contributed by atoms with E-state index in [1.54, 1.807) is 13.0 Å². The van der Waals surface area contributed by atoms with Gasteiger partial charge in [-0.1, -0.05) is 5.16 Å². The van der Waals surface area contributed by atoms with Gasteiger partial charge in [0.05, 0.1) is 24.9 Å². The minimum atomic E-state index is -0.554. The Bertz CT molecular complexity index is 435. The standard InChI is InChI=1S/C10H11N3O3/c1-7-4-9(16-12-7)10(14)13-2-3-15-8(5-11)6-13/h4,8H,2-3,6H2,1H3. The Morgan fingerprint density at radius 3 is 3.19 bits per heavy atom. The van der Waals surface area contributed by atoms with Gasteiger partial charge in [0.2, 0.25) is 5.76 Å². The molecule has 0 bridgehead atoms. The van der Waals surface area contributed by atoms with Gasteiger partial charge in [0.25, 0.3) is 5.91 Å². The molecule has 1 aliphatic heterocycles. The molecule has 1 aliphatic rings. The molecule has 1 saturated heterocycles. The number of nitriles is 1. The average molecular weight is 221 g/mol. The molecule has 1 aromatic heterocycles. The fraction of sp³-hybridized carbons (Fsp3) is 0.500. The van der Waals surface area contributed by atoms with Gasteiger partial charge in [0.15, 0.2) is 6.10 Å². The third-order valence-corrected chi connectivity index (χ3v) is 2.34. The largest absolute Gasteiger partial charge is 0.360 e. The van der Waals surface area contributed by atoms with E-state index >= 15 is 0 Å². The van der Waals surface area contributed by atoms with Crippen LogP contribution in [0.25, 0.3) is 0 Å². The summed E-state index contributed by atoms with van der Waals surface area (Å²) in [7, 11) is 0. The second kappa shape index (κ2) is 4.33. The molecule has 1 fully saturated rings. The number of amides is 1. The second-order valence-electron chi connectivity index (χ2n) is 3.57. The van der Waals surface area contributed by atoms with Crippen LogP contribution in [-0.4, -0.2) is 41.8 Å². The average Bonchev–Trinajstić information content (AvgIpc) is 2.75. The number of nitrogens with zero attached hydrogens (tertiary/aromatic N) is 3. The number of rotatable bonds is 1. The third kappa shape index (κ3) is 2.04. The molecule has 0 aliphatic carbocycles. The summed E-state index contributed by atoms with van der Waals surface area (Å²) >= 11 is 0. The van der Waals surface area contributed by atoms with E-state index in [1.807, 2.05) is 6.07 Å². The molecular formula is C10H11N3O3. The van der Waals surface area contributed by atoms with Gasteiger partial charge in [-0.2, -0.15) is 5.26 Å². The van der Waals surface area contributed by atoms with E-state index in [0.29, 0.717) is 18.8 Å². The fourth-order valence-electron chi connectivity index (χ4n) is 1.53. The first kappa shape index (κ1) is 10.6. The van der Waals surface area contributed by atoms with Crippen LogP contribution in [0.2, 0.25) is 0 Å². The van der Waals surface area contributed by atoms with Gasteiger partial charge in [-0.25, -0.2) is 0 Å². The molecule has 0 aromatic carbocycles. The van der Waals surface area contributed by atoms with Crippen LogP contribution in [0.3, 0.4) is 0 Å². The van der Waals surface area contributed by atoms with E-state index in [4.69, 9.17) is 14.5 Å². The number of ether oxygens (including phenoxy) is 1. The van der Waals surface area contributed by atoms with Gasteiger partial charge in [0, 0.05) is 12.6 Å². The smallest absolute Gasteiger partial charge is 0.292 e. The molecule has 0 spiro atoms. The third-order valence-electron chi connectivity index (χ3n) is 2.34. The monoisotopic (exact) mass is 221 g/mol. The minimum Gasteiger partial charge on any atom is -0.360 e. The Hall–Kier alpha value is -1.87. The summed E-state index contributed by atoms with van der Waals surface area (Å²) in [5, 5.41) is 12.4. The predicted molar refractivity (Wildman–Crippen MR) is 52.5 cm³/mol. The molecule has 2 rings (SSSR count). The first-order chi connectivity index (χ1) is 7.70. The van der Waals surface area contributed by atoms with E-state index in [-0.39, 0.29) is 18.2 Å². The van der Waals surface area contributed by atoms with Gasteiger partial charge in [-0.05, 0) is 6.92 Å². The summed E-state index contributed by atoms with van der Waals surface area (Å²) in [5.41, 5.74) is 0.661. The van der Waals surface area contributed by atoms with Gasteiger partial charge < -0.3 is 14.2 Å². The number of hydrogen-bond acceptors (Lipinski definition) is 5. The maximum atomic E-state index is 11.9. The predicted octanol–water partition coefficient (Wildman–Crippen LogP) is 0.348. The molecule has 0 saturated carbocycles. The van der Waals surface area contributed by atoms with Crippen molar-refractivity contribution in [1.82, 2.24) is 10.1 Å². The lowest BCUT2D eigenvalue weighted by Gasteiger charge is -2.28. The highest BCUT2D eigenvalue weighted by Gasteiger charge is 2.26. The van der Waals surface area contributed by atoms with E-state index in [1.165, 1.54) is 4.90 Å². The second-order valence-corrected chi connectivity index (χ2v) is 3.57. The SMILES string of the molecule is Cc1cc(C(=O)N2CCOC(C#N)C2)on1. The van der Waals surface area contributed by atoms with Crippen LogP contribution < -0.4 is 0 Å². The lowest BCUT2D eigenvalue weighted by Crippen LogP contribution is -2.45. The van der Waals surface area contributed by atoms with Crippen LogP contribution in [0, 0.1) is 18.3 Å². The highest BCUT2D eigenvalue weighted by molar-refractivity contribution is 5.91.